The molecule has 1 heterocycles. The summed E-state index contributed by atoms with van der Waals surface area (Å²) in [7, 11) is -3.64. The first-order chi connectivity index (χ1) is 12.3. The Hall–Kier alpha value is -1.97. The Labute approximate surface area is 154 Å². The minimum atomic E-state index is -3.64. The number of hydrogen-bond acceptors (Lipinski definition) is 5. The summed E-state index contributed by atoms with van der Waals surface area (Å²) in [5, 5.41) is 2.60. The molecule has 3 N–H and O–H groups in total. The van der Waals surface area contributed by atoms with Crippen LogP contribution in [-0.4, -0.2) is 67.5 Å². The maximum Gasteiger partial charge on any atom is 0.259 e. The van der Waals surface area contributed by atoms with Gasteiger partial charge in [-0.3, -0.25) is 9.59 Å². The second-order valence-corrected chi connectivity index (χ2v) is 8.29. The van der Waals surface area contributed by atoms with Crippen LogP contribution in [0.1, 0.15) is 29.3 Å². The molecule has 1 saturated heterocycles. The molecule has 1 aromatic carbocycles. The monoisotopic (exact) mass is 382 g/mol. The molecule has 1 aliphatic heterocycles. The lowest BCUT2D eigenvalue weighted by atomic mass is 10.1. The lowest BCUT2D eigenvalue weighted by Gasteiger charge is -2.28. The quantitative estimate of drug-likeness (QED) is 0.683. The Bertz CT molecular complexity index is 766. The maximum absolute atomic E-state index is 12.9. The molecule has 0 saturated carbocycles. The standard InChI is InChI=1S/C17H26N4O4S/c1-3-11-26(24,25)21-10-9-20(16(21)15(22)19-8-7-18)17(23)14-6-4-5-13(2)12-14/h4-6,12,16H,3,7-11,18H2,1-2H3,(H,19,22). The number of carbonyl (C=O) groups excluding carboxylic acids is 2. The summed E-state index contributed by atoms with van der Waals surface area (Å²) >= 11 is 0. The van der Waals surface area contributed by atoms with Gasteiger partial charge >= 0.3 is 0 Å². The number of aryl methyl sites for hydroxylation is 1. The predicted molar refractivity (Wildman–Crippen MR) is 98.9 cm³/mol. The fourth-order valence-corrected chi connectivity index (χ4v) is 4.61. The molecule has 1 fully saturated rings. The molecule has 0 spiro atoms. The summed E-state index contributed by atoms with van der Waals surface area (Å²) in [5.74, 6) is -0.968. The highest BCUT2D eigenvalue weighted by Crippen LogP contribution is 2.22. The van der Waals surface area contributed by atoms with Gasteiger partial charge in [-0.1, -0.05) is 24.6 Å². The lowest BCUT2D eigenvalue weighted by Crippen LogP contribution is -2.54. The third kappa shape index (κ3) is 4.40. The highest BCUT2D eigenvalue weighted by atomic mass is 32.2. The number of benzene rings is 1. The van der Waals surface area contributed by atoms with Crippen molar-refractivity contribution in [2.45, 2.75) is 26.4 Å². The summed E-state index contributed by atoms with van der Waals surface area (Å²) in [6, 6.07) is 7.01. The van der Waals surface area contributed by atoms with E-state index >= 15 is 0 Å². The van der Waals surface area contributed by atoms with Crippen molar-refractivity contribution in [1.29, 1.82) is 0 Å². The van der Waals surface area contributed by atoms with Crippen molar-refractivity contribution in [3.63, 3.8) is 0 Å². The number of amides is 2. The Balaban J connectivity index is 2.35. The van der Waals surface area contributed by atoms with Crippen LogP contribution in [0.5, 0.6) is 0 Å². The molecule has 0 radical (unpaired) electrons. The van der Waals surface area contributed by atoms with Crippen LogP contribution in [0, 0.1) is 6.92 Å². The van der Waals surface area contributed by atoms with Gasteiger partial charge in [-0.25, -0.2) is 8.42 Å². The van der Waals surface area contributed by atoms with Crippen molar-refractivity contribution in [2.24, 2.45) is 5.73 Å². The van der Waals surface area contributed by atoms with Crippen LogP contribution in [0.15, 0.2) is 24.3 Å². The van der Waals surface area contributed by atoms with Gasteiger partial charge in [-0.15, -0.1) is 0 Å². The fourth-order valence-electron chi connectivity index (χ4n) is 2.99. The number of nitrogens with zero attached hydrogens (tertiary/aromatic N) is 2. The normalized spacial score (nSPS) is 18.1. The number of nitrogens with two attached hydrogens (primary N) is 1. The number of sulfonamides is 1. The zero-order valence-electron chi connectivity index (χ0n) is 15.1. The first kappa shape index (κ1) is 20.3. The molecular formula is C17H26N4O4S. The zero-order chi connectivity index (χ0) is 19.3. The van der Waals surface area contributed by atoms with E-state index in [9.17, 15) is 18.0 Å². The van der Waals surface area contributed by atoms with Gasteiger partial charge in [0.1, 0.15) is 0 Å². The molecule has 9 heteroatoms. The Kier molecular flexibility index (Phi) is 6.74. The Morgan fingerprint density at radius 2 is 2.04 bits per heavy atom. The van der Waals surface area contributed by atoms with Crippen LogP contribution in [0.2, 0.25) is 0 Å². The SMILES string of the molecule is CCCS(=O)(=O)N1CCN(C(=O)c2cccc(C)c2)C1C(=O)NCCN. The molecule has 2 rings (SSSR count). The minimum absolute atomic E-state index is 0.0693. The number of hydrogen-bond donors (Lipinski definition) is 2. The van der Waals surface area contributed by atoms with Crippen molar-refractivity contribution >= 4 is 21.8 Å². The van der Waals surface area contributed by atoms with Crippen LogP contribution in [0.25, 0.3) is 0 Å². The average molecular weight is 382 g/mol. The zero-order valence-corrected chi connectivity index (χ0v) is 16.0. The molecule has 2 amide bonds. The molecule has 0 aromatic heterocycles. The van der Waals surface area contributed by atoms with E-state index in [0.717, 1.165) is 9.87 Å². The number of carbonyl (C=O) groups is 2. The van der Waals surface area contributed by atoms with Crippen molar-refractivity contribution in [3.05, 3.63) is 35.4 Å². The van der Waals surface area contributed by atoms with Gasteiger partial charge in [0, 0.05) is 31.7 Å². The van der Waals surface area contributed by atoms with Crippen molar-refractivity contribution in [3.8, 4) is 0 Å². The largest absolute Gasteiger partial charge is 0.352 e. The van der Waals surface area contributed by atoms with Crippen molar-refractivity contribution in [1.82, 2.24) is 14.5 Å². The third-order valence-corrected chi connectivity index (χ3v) is 6.17. The molecule has 8 nitrogen and oxygen atoms in total. The summed E-state index contributed by atoms with van der Waals surface area (Å²) in [6.07, 6.45) is -0.756. The van der Waals surface area contributed by atoms with E-state index in [4.69, 9.17) is 5.73 Å². The summed E-state index contributed by atoms with van der Waals surface area (Å²) in [4.78, 5) is 26.8. The molecule has 26 heavy (non-hydrogen) atoms. The van der Waals surface area contributed by atoms with Gasteiger partial charge in [-0.2, -0.15) is 4.31 Å². The van der Waals surface area contributed by atoms with Gasteiger partial charge in [0.15, 0.2) is 6.17 Å². The van der Waals surface area contributed by atoms with E-state index in [1.165, 1.54) is 4.90 Å². The molecule has 0 aliphatic carbocycles. The summed E-state index contributed by atoms with van der Waals surface area (Å²) in [5.41, 5.74) is 6.76. The second-order valence-electron chi connectivity index (χ2n) is 6.25. The van der Waals surface area contributed by atoms with Crippen molar-refractivity contribution in [2.75, 3.05) is 31.9 Å². The van der Waals surface area contributed by atoms with Gasteiger partial charge in [0.05, 0.1) is 5.75 Å². The second kappa shape index (κ2) is 8.61. The van der Waals surface area contributed by atoms with E-state index in [0.29, 0.717) is 12.0 Å². The topological polar surface area (TPSA) is 113 Å². The molecule has 1 atom stereocenters. The molecule has 1 unspecified atom stereocenters. The molecule has 144 valence electrons. The number of rotatable bonds is 7. The highest BCUT2D eigenvalue weighted by Gasteiger charge is 2.45. The molecule has 0 bridgehead atoms. The fraction of sp³-hybridized carbons (Fsp3) is 0.529. The average Bonchev–Trinajstić information content (AvgIpc) is 3.05. The molecule has 1 aromatic rings. The maximum atomic E-state index is 12.9. The van der Waals surface area contributed by atoms with E-state index in [1.807, 2.05) is 13.0 Å². The third-order valence-electron chi connectivity index (χ3n) is 4.15. The Morgan fingerprint density at radius 1 is 1.31 bits per heavy atom. The molecular weight excluding hydrogens is 356 g/mol. The van der Waals surface area contributed by atoms with Crippen LogP contribution < -0.4 is 11.1 Å². The van der Waals surface area contributed by atoms with Gasteiger partial charge in [0.2, 0.25) is 10.0 Å². The summed E-state index contributed by atoms with van der Waals surface area (Å²) in [6.45, 7) is 4.32. The molecule has 1 aliphatic rings. The van der Waals surface area contributed by atoms with Gasteiger partial charge in [0.25, 0.3) is 11.8 Å². The van der Waals surface area contributed by atoms with Crippen molar-refractivity contribution < 1.29 is 18.0 Å². The van der Waals surface area contributed by atoms with Crippen LogP contribution in [0.4, 0.5) is 0 Å². The van der Waals surface area contributed by atoms with E-state index < -0.39 is 22.1 Å². The highest BCUT2D eigenvalue weighted by molar-refractivity contribution is 7.89. The smallest absolute Gasteiger partial charge is 0.259 e. The van der Waals surface area contributed by atoms with Crippen LogP contribution >= 0.6 is 0 Å². The van der Waals surface area contributed by atoms with E-state index in [2.05, 4.69) is 5.32 Å². The summed E-state index contributed by atoms with van der Waals surface area (Å²) < 4.78 is 26.2. The minimum Gasteiger partial charge on any atom is -0.352 e. The first-order valence-electron chi connectivity index (χ1n) is 8.66. The van der Waals surface area contributed by atoms with Gasteiger partial charge < -0.3 is 16.0 Å². The van der Waals surface area contributed by atoms with E-state index in [1.54, 1.807) is 25.1 Å². The van der Waals surface area contributed by atoms with Crippen LogP contribution in [0.3, 0.4) is 0 Å². The first-order valence-corrected chi connectivity index (χ1v) is 10.3. The lowest BCUT2D eigenvalue weighted by molar-refractivity contribution is -0.127. The Morgan fingerprint density at radius 3 is 2.65 bits per heavy atom. The van der Waals surface area contributed by atoms with Crippen LogP contribution in [-0.2, 0) is 14.8 Å². The number of nitrogens with one attached hydrogen (secondary N) is 1. The van der Waals surface area contributed by atoms with E-state index in [-0.39, 0.29) is 37.8 Å². The van der Waals surface area contributed by atoms with Gasteiger partial charge in [-0.05, 0) is 25.5 Å². The predicted octanol–water partition coefficient (Wildman–Crippen LogP) is -0.106.